The Bertz CT molecular complexity index is 374. The van der Waals surface area contributed by atoms with E-state index in [1.807, 2.05) is 44.4 Å². The summed E-state index contributed by atoms with van der Waals surface area (Å²) in [5.74, 6) is 0.0404. The van der Waals surface area contributed by atoms with Crippen LogP contribution in [0.3, 0.4) is 0 Å². The van der Waals surface area contributed by atoms with E-state index in [-0.39, 0.29) is 12.4 Å². The lowest BCUT2D eigenvalue weighted by Crippen LogP contribution is -2.47. The van der Waals surface area contributed by atoms with Crippen molar-refractivity contribution in [1.29, 1.82) is 0 Å². The molecule has 0 unspecified atom stereocenters. The van der Waals surface area contributed by atoms with Gasteiger partial charge < -0.3 is 10.4 Å². The standard InChI is InChI=1S/C13H19NO2S/c1-13(2,14-8-9-15)12(16)10-4-6-11(17-3)7-5-10/h4-7,14-15H,8-9H2,1-3H3. The number of carbonyl (C=O) groups is 1. The van der Waals surface area contributed by atoms with Crippen molar-refractivity contribution >= 4 is 17.5 Å². The molecule has 0 fully saturated rings. The molecule has 0 saturated heterocycles. The van der Waals surface area contributed by atoms with Gasteiger partial charge in [-0.05, 0) is 32.2 Å². The highest BCUT2D eigenvalue weighted by atomic mass is 32.2. The average Bonchev–Trinajstić information content (AvgIpc) is 2.35. The third-order valence-corrected chi connectivity index (χ3v) is 3.34. The Balaban J connectivity index is 2.80. The van der Waals surface area contributed by atoms with Crippen molar-refractivity contribution in [2.75, 3.05) is 19.4 Å². The average molecular weight is 253 g/mol. The summed E-state index contributed by atoms with van der Waals surface area (Å²) in [4.78, 5) is 13.4. The van der Waals surface area contributed by atoms with Gasteiger partial charge in [-0.25, -0.2) is 0 Å². The highest BCUT2D eigenvalue weighted by Gasteiger charge is 2.27. The number of thioether (sulfide) groups is 1. The lowest BCUT2D eigenvalue weighted by atomic mass is 9.93. The van der Waals surface area contributed by atoms with Gasteiger partial charge in [-0.2, -0.15) is 0 Å². The highest BCUT2D eigenvalue weighted by Crippen LogP contribution is 2.18. The van der Waals surface area contributed by atoms with Crippen LogP contribution >= 0.6 is 11.8 Å². The van der Waals surface area contributed by atoms with Gasteiger partial charge in [-0.3, -0.25) is 4.79 Å². The summed E-state index contributed by atoms with van der Waals surface area (Å²) in [6.07, 6.45) is 2.00. The van der Waals surface area contributed by atoms with E-state index in [1.165, 1.54) is 0 Å². The normalized spacial score (nSPS) is 11.5. The fraction of sp³-hybridized carbons (Fsp3) is 0.462. The summed E-state index contributed by atoms with van der Waals surface area (Å²) in [7, 11) is 0. The minimum atomic E-state index is -0.649. The van der Waals surface area contributed by atoms with E-state index in [2.05, 4.69) is 5.32 Å². The van der Waals surface area contributed by atoms with Gasteiger partial charge in [-0.1, -0.05) is 12.1 Å². The van der Waals surface area contributed by atoms with Crippen LogP contribution in [0.1, 0.15) is 24.2 Å². The van der Waals surface area contributed by atoms with Crippen LogP contribution in [0.4, 0.5) is 0 Å². The zero-order chi connectivity index (χ0) is 12.9. The van der Waals surface area contributed by atoms with Crippen molar-refractivity contribution in [3.05, 3.63) is 29.8 Å². The molecule has 1 aromatic rings. The molecule has 3 nitrogen and oxygen atoms in total. The minimum Gasteiger partial charge on any atom is -0.395 e. The lowest BCUT2D eigenvalue weighted by Gasteiger charge is -2.24. The van der Waals surface area contributed by atoms with E-state index >= 15 is 0 Å². The van der Waals surface area contributed by atoms with E-state index in [1.54, 1.807) is 11.8 Å². The fourth-order valence-electron chi connectivity index (χ4n) is 1.55. The van der Waals surface area contributed by atoms with Gasteiger partial charge in [0.25, 0.3) is 0 Å². The molecule has 94 valence electrons. The first-order chi connectivity index (χ1) is 8.01. The third kappa shape index (κ3) is 3.84. The van der Waals surface area contributed by atoms with Crippen LogP contribution in [-0.4, -0.2) is 35.8 Å². The van der Waals surface area contributed by atoms with Gasteiger partial charge in [0, 0.05) is 17.0 Å². The number of nitrogens with one attached hydrogen (secondary N) is 1. The lowest BCUT2D eigenvalue weighted by molar-refractivity contribution is 0.0877. The van der Waals surface area contributed by atoms with Crippen LogP contribution in [0.2, 0.25) is 0 Å². The van der Waals surface area contributed by atoms with Gasteiger partial charge in [0.15, 0.2) is 5.78 Å². The molecule has 17 heavy (non-hydrogen) atoms. The maximum atomic E-state index is 12.2. The number of hydrogen-bond donors (Lipinski definition) is 2. The second-order valence-corrected chi connectivity index (χ2v) is 5.21. The predicted octanol–water partition coefficient (Wildman–Crippen LogP) is 1.95. The maximum Gasteiger partial charge on any atom is 0.182 e. The van der Waals surface area contributed by atoms with Gasteiger partial charge in [0.1, 0.15) is 0 Å². The molecule has 4 heteroatoms. The number of carbonyl (C=O) groups excluding carboxylic acids is 1. The van der Waals surface area contributed by atoms with E-state index in [4.69, 9.17) is 5.11 Å². The Kier molecular flexibility index (Phi) is 5.18. The molecule has 0 radical (unpaired) electrons. The van der Waals surface area contributed by atoms with Crippen LogP contribution in [0, 0.1) is 0 Å². The van der Waals surface area contributed by atoms with Crippen LogP contribution in [0.15, 0.2) is 29.2 Å². The first kappa shape index (κ1) is 14.2. The van der Waals surface area contributed by atoms with E-state index in [9.17, 15) is 4.79 Å². The fourth-order valence-corrected chi connectivity index (χ4v) is 1.96. The zero-order valence-electron chi connectivity index (χ0n) is 10.5. The maximum absolute atomic E-state index is 12.2. The number of hydrogen-bond acceptors (Lipinski definition) is 4. The number of β-amino-alcohol motifs (C(OH)–C–C–N with tert-alkyl or cyclic N) is 1. The number of aliphatic hydroxyl groups excluding tert-OH is 1. The molecule has 0 aromatic heterocycles. The zero-order valence-corrected chi connectivity index (χ0v) is 11.3. The smallest absolute Gasteiger partial charge is 0.182 e. The number of ketones is 1. The summed E-state index contributed by atoms with van der Waals surface area (Å²) in [6.45, 7) is 4.10. The monoisotopic (exact) mass is 253 g/mol. The van der Waals surface area contributed by atoms with Crippen molar-refractivity contribution < 1.29 is 9.90 Å². The molecule has 1 rings (SSSR count). The highest BCUT2D eigenvalue weighted by molar-refractivity contribution is 7.98. The summed E-state index contributed by atoms with van der Waals surface area (Å²) in [6, 6.07) is 7.58. The third-order valence-electron chi connectivity index (χ3n) is 2.60. The number of rotatable bonds is 6. The molecule has 0 atom stereocenters. The minimum absolute atomic E-state index is 0.0299. The Labute approximate surface area is 107 Å². The first-order valence-corrected chi connectivity index (χ1v) is 6.78. The van der Waals surface area contributed by atoms with Crippen LogP contribution < -0.4 is 5.32 Å². The summed E-state index contributed by atoms with van der Waals surface area (Å²) >= 11 is 1.65. The SMILES string of the molecule is CSc1ccc(C(=O)C(C)(C)NCCO)cc1. The number of aliphatic hydroxyl groups is 1. The molecule has 0 bridgehead atoms. The number of benzene rings is 1. The Hall–Kier alpha value is -0.840. The molecule has 0 heterocycles. The van der Waals surface area contributed by atoms with E-state index < -0.39 is 5.54 Å². The molecular weight excluding hydrogens is 234 g/mol. The molecule has 0 aliphatic heterocycles. The van der Waals surface area contributed by atoms with Gasteiger partial charge in [-0.15, -0.1) is 11.8 Å². The van der Waals surface area contributed by atoms with Gasteiger partial charge >= 0.3 is 0 Å². The Morgan fingerprint density at radius 3 is 2.41 bits per heavy atom. The summed E-state index contributed by atoms with van der Waals surface area (Å²) in [5, 5.41) is 11.8. The molecule has 0 spiro atoms. The second-order valence-electron chi connectivity index (χ2n) is 4.33. The van der Waals surface area contributed by atoms with Crippen LogP contribution in [0.25, 0.3) is 0 Å². The van der Waals surface area contributed by atoms with Crippen LogP contribution in [-0.2, 0) is 0 Å². The van der Waals surface area contributed by atoms with E-state index in [0.717, 1.165) is 4.90 Å². The van der Waals surface area contributed by atoms with Crippen LogP contribution in [0.5, 0.6) is 0 Å². The molecule has 0 aliphatic carbocycles. The molecule has 1 aromatic carbocycles. The van der Waals surface area contributed by atoms with Crippen molar-refractivity contribution in [2.45, 2.75) is 24.3 Å². The molecule has 2 N–H and O–H groups in total. The van der Waals surface area contributed by atoms with Crippen molar-refractivity contribution in [3.63, 3.8) is 0 Å². The van der Waals surface area contributed by atoms with Crippen molar-refractivity contribution in [1.82, 2.24) is 5.32 Å². The van der Waals surface area contributed by atoms with E-state index in [0.29, 0.717) is 12.1 Å². The molecular formula is C13H19NO2S. The quantitative estimate of drug-likeness (QED) is 0.601. The summed E-state index contributed by atoms with van der Waals surface area (Å²) in [5.41, 5.74) is 0.0436. The van der Waals surface area contributed by atoms with Gasteiger partial charge in [0.05, 0.1) is 12.1 Å². The second kappa shape index (κ2) is 6.19. The topological polar surface area (TPSA) is 49.3 Å². The Morgan fingerprint density at radius 2 is 1.94 bits per heavy atom. The van der Waals surface area contributed by atoms with Crippen molar-refractivity contribution in [3.8, 4) is 0 Å². The largest absolute Gasteiger partial charge is 0.395 e. The molecule has 0 saturated carbocycles. The van der Waals surface area contributed by atoms with Crippen molar-refractivity contribution in [2.24, 2.45) is 0 Å². The first-order valence-electron chi connectivity index (χ1n) is 5.56. The number of Topliss-reactive ketones (excluding diaryl/α,β-unsaturated/α-hetero) is 1. The molecule has 0 amide bonds. The molecule has 0 aliphatic rings. The summed E-state index contributed by atoms with van der Waals surface area (Å²) < 4.78 is 0. The predicted molar refractivity (Wildman–Crippen MR) is 71.7 cm³/mol. The Morgan fingerprint density at radius 1 is 1.35 bits per heavy atom. The van der Waals surface area contributed by atoms with Gasteiger partial charge in [0.2, 0.25) is 0 Å².